The molecule has 0 radical (unpaired) electrons. The molecule has 0 aliphatic heterocycles. The van der Waals surface area contributed by atoms with E-state index in [1.807, 2.05) is 32.9 Å². The predicted octanol–water partition coefficient (Wildman–Crippen LogP) is 4.07. The Morgan fingerprint density at radius 3 is 2.13 bits per heavy atom. The van der Waals surface area contributed by atoms with Crippen LogP contribution >= 0.6 is 0 Å². The van der Waals surface area contributed by atoms with Gasteiger partial charge in [-0.3, -0.25) is 4.79 Å². The van der Waals surface area contributed by atoms with E-state index < -0.39 is 10.0 Å². The average Bonchev–Trinajstić information content (AvgIpc) is 2.66. The van der Waals surface area contributed by atoms with Gasteiger partial charge in [0.2, 0.25) is 10.0 Å². The van der Waals surface area contributed by atoms with Crippen molar-refractivity contribution in [2.24, 2.45) is 0 Å². The molecule has 2 aromatic carbocycles. The van der Waals surface area contributed by atoms with Gasteiger partial charge in [-0.05, 0) is 68.1 Å². The Hall–Kier alpha value is -2.58. The molecule has 0 atom stereocenters. The maximum absolute atomic E-state index is 13.0. The van der Waals surface area contributed by atoms with Crippen molar-refractivity contribution >= 4 is 21.6 Å². The van der Waals surface area contributed by atoms with Crippen molar-refractivity contribution < 1.29 is 22.7 Å². The highest BCUT2D eigenvalue weighted by Gasteiger charge is 2.20. The molecule has 0 heterocycles. The number of carbonyl (C=O) groups excluding carboxylic acids is 1. The zero-order valence-corrected chi connectivity index (χ0v) is 19.3. The van der Waals surface area contributed by atoms with Crippen molar-refractivity contribution in [1.29, 1.82) is 0 Å². The molecule has 0 aromatic heterocycles. The number of aryl methyl sites for hydroxylation is 1. The molecule has 164 valence electrons. The van der Waals surface area contributed by atoms with Crippen molar-refractivity contribution in [3.63, 3.8) is 0 Å². The van der Waals surface area contributed by atoms with Crippen LogP contribution in [0.1, 0.15) is 55.1 Å². The zero-order valence-electron chi connectivity index (χ0n) is 18.5. The lowest BCUT2D eigenvalue weighted by molar-refractivity contribution is 0.102. The van der Waals surface area contributed by atoms with Crippen molar-refractivity contribution in [3.05, 3.63) is 47.0 Å². The van der Waals surface area contributed by atoms with E-state index in [-0.39, 0.29) is 28.4 Å². The predicted molar refractivity (Wildman–Crippen MR) is 118 cm³/mol. The molecule has 8 heteroatoms. The number of hydrogen-bond acceptors (Lipinski definition) is 5. The normalized spacial score (nSPS) is 11.6. The number of benzene rings is 2. The SMILES string of the molecule is COc1ccc(S(=O)(=O)NC(C)C)cc1NC(=O)c1cc(C(C)C)c(OC)cc1C. The zero-order chi connectivity index (χ0) is 22.6. The Morgan fingerprint density at radius 2 is 1.60 bits per heavy atom. The van der Waals surface area contributed by atoms with E-state index in [0.717, 1.165) is 16.9 Å². The Labute approximate surface area is 178 Å². The lowest BCUT2D eigenvalue weighted by Crippen LogP contribution is -2.30. The molecule has 0 aliphatic rings. The highest BCUT2D eigenvalue weighted by Crippen LogP contribution is 2.32. The molecule has 30 heavy (non-hydrogen) atoms. The fourth-order valence-electron chi connectivity index (χ4n) is 3.09. The molecule has 0 bridgehead atoms. The van der Waals surface area contributed by atoms with Gasteiger partial charge in [-0.1, -0.05) is 13.8 Å². The average molecular weight is 435 g/mol. The number of amides is 1. The Kier molecular flexibility index (Phi) is 7.49. The number of hydrogen-bond donors (Lipinski definition) is 2. The van der Waals surface area contributed by atoms with Crippen LogP contribution in [0.2, 0.25) is 0 Å². The van der Waals surface area contributed by atoms with Crippen LogP contribution in [0, 0.1) is 6.92 Å². The van der Waals surface area contributed by atoms with E-state index in [9.17, 15) is 13.2 Å². The van der Waals surface area contributed by atoms with E-state index in [1.165, 1.54) is 25.3 Å². The van der Waals surface area contributed by atoms with Crippen LogP contribution in [0.4, 0.5) is 5.69 Å². The minimum absolute atomic E-state index is 0.0432. The first kappa shape index (κ1) is 23.7. The Balaban J connectivity index is 2.46. The van der Waals surface area contributed by atoms with Crippen LogP contribution in [-0.2, 0) is 10.0 Å². The van der Waals surface area contributed by atoms with Crippen LogP contribution in [0.5, 0.6) is 11.5 Å². The van der Waals surface area contributed by atoms with Gasteiger partial charge in [0.25, 0.3) is 5.91 Å². The highest BCUT2D eigenvalue weighted by molar-refractivity contribution is 7.89. The summed E-state index contributed by atoms with van der Waals surface area (Å²) in [6.45, 7) is 9.35. The van der Waals surface area contributed by atoms with E-state index in [2.05, 4.69) is 10.0 Å². The first-order chi connectivity index (χ1) is 14.0. The Bertz CT molecular complexity index is 1030. The van der Waals surface area contributed by atoms with E-state index in [4.69, 9.17) is 9.47 Å². The molecular formula is C22H30N2O5S. The third-order valence-electron chi connectivity index (χ3n) is 4.56. The van der Waals surface area contributed by atoms with Crippen LogP contribution in [0.25, 0.3) is 0 Å². The highest BCUT2D eigenvalue weighted by atomic mass is 32.2. The molecule has 1 amide bonds. The quantitative estimate of drug-likeness (QED) is 0.653. The summed E-state index contributed by atoms with van der Waals surface area (Å²) in [5, 5.41) is 2.79. The van der Waals surface area contributed by atoms with Crippen LogP contribution in [0.3, 0.4) is 0 Å². The molecule has 0 aliphatic carbocycles. The lowest BCUT2D eigenvalue weighted by atomic mass is 9.96. The second kappa shape index (κ2) is 9.49. The largest absolute Gasteiger partial charge is 0.496 e. The molecule has 7 nitrogen and oxygen atoms in total. The molecule has 0 saturated carbocycles. The number of ether oxygens (including phenoxy) is 2. The fourth-order valence-corrected chi connectivity index (χ4v) is 4.37. The Morgan fingerprint density at radius 1 is 0.967 bits per heavy atom. The van der Waals surface area contributed by atoms with Gasteiger partial charge in [0.05, 0.1) is 24.8 Å². The summed E-state index contributed by atoms with van der Waals surface area (Å²) < 4.78 is 38.3. The smallest absolute Gasteiger partial charge is 0.256 e. The number of rotatable bonds is 8. The lowest BCUT2D eigenvalue weighted by Gasteiger charge is -2.17. The van der Waals surface area contributed by atoms with Gasteiger partial charge < -0.3 is 14.8 Å². The van der Waals surface area contributed by atoms with Crippen molar-refractivity contribution in [3.8, 4) is 11.5 Å². The van der Waals surface area contributed by atoms with E-state index in [0.29, 0.717) is 11.3 Å². The maximum atomic E-state index is 13.0. The van der Waals surface area contributed by atoms with Gasteiger partial charge in [0.1, 0.15) is 11.5 Å². The van der Waals surface area contributed by atoms with Gasteiger partial charge in [-0.15, -0.1) is 0 Å². The van der Waals surface area contributed by atoms with Crippen LogP contribution in [0.15, 0.2) is 35.2 Å². The molecular weight excluding hydrogens is 404 g/mol. The second-order valence-electron chi connectivity index (χ2n) is 7.66. The monoisotopic (exact) mass is 434 g/mol. The fraction of sp³-hybridized carbons (Fsp3) is 0.409. The minimum Gasteiger partial charge on any atom is -0.496 e. The van der Waals surface area contributed by atoms with Crippen LogP contribution < -0.4 is 19.5 Å². The van der Waals surface area contributed by atoms with Crippen LogP contribution in [-0.4, -0.2) is 34.6 Å². The molecule has 0 fully saturated rings. The number of carbonyl (C=O) groups is 1. The molecule has 2 N–H and O–H groups in total. The first-order valence-corrected chi connectivity index (χ1v) is 11.2. The molecule has 2 rings (SSSR count). The molecule has 2 aromatic rings. The number of sulfonamides is 1. The van der Waals surface area contributed by atoms with Gasteiger partial charge >= 0.3 is 0 Å². The van der Waals surface area contributed by atoms with Gasteiger partial charge in [-0.25, -0.2) is 13.1 Å². The summed E-state index contributed by atoms with van der Waals surface area (Å²) in [6.07, 6.45) is 0. The van der Waals surface area contributed by atoms with Crippen molar-refractivity contribution in [1.82, 2.24) is 4.72 Å². The summed E-state index contributed by atoms with van der Waals surface area (Å²) in [5.74, 6) is 0.894. The summed E-state index contributed by atoms with van der Waals surface area (Å²) in [6, 6.07) is 7.73. The maximum Gasteiger partial charge on any atom is 0.256 e. The van der Waals surface area contributed by atoms with Gasteiger partial charge in [0, 0.05) is 11.6 Å². The third-order valence-corrected chi connectivity index (χ3v) is 6.22. The van der Waals surface area contributed by atoms with E-state index >= 15 is 0 Å². The summed E-state index contributed by atoms with van der Waals surface area (Å²) >= 11 is 0. The van der Waals surface area contributed by atoms with Gasteiger partial charge in [0.15, 0.2) is 0 Å². The molecule has 0 saturated heterocycles. The molecule has 0 unspecified atom stereocenters. The minimum atomic E-state index is -3.72. The first-order valence-electron chi connectivity index (χ1n) is 9.70. The summed E-state index contributed by atoms with van der Waals surface area (Å²) in [4.78, 5) is 13.1. The number of methoxy groups -OCH3 is 2. The number of nitrogens with one attached hydrogen (secondary N) is 2. The van der Waals surface area contributed by atoms with Crippen molar-refractivity contribution in [2.45, 2.75) is 51.5 Å². The molecule has 0 spiro atoms. The second-order valence-corrected chi connectivity index (χ2v) is 9.37. The number of anilines is 1. The van der Waals surface area contributed by atoms with E-state index in [1.54, 1.807) is 21.0 Å². The summed E-state index contributed by atoms with van der Waals surface area (Å²) in [7, 11) is -0.657. The summed E-state index contributed by atoms with van der Waals surface area (Å²) in [5.41, 5.74) is 2.42. The van der Waals surface area contributed by atoms with Gasteiger partial charge in [-0.2, -0.15) is 0 Å². The topological polar surface area (TPSA) is 93.7 Å². The standard InChI is InChI=1S/C22H30N2O5S/c1-13(2)17-12-18(15(5)10-21(17)29-7)22(25)23-19-11-16(8-9-20(19)28-6)30(26,27)24-14(3)4/h8-14,24H,1-7H3,(H,23,25). The third kappa shape index (κ3) is 5.31. The van der Waals surface area contributed by atoms with Crippen molar-refractivity contribution in [2.75, 3.05) is 19.5 Å².